The predicted octanol–water partition coefficient (Wildman–Crippen LogP) is 4.19. The standard InChI is InChI=1S/C29H31BrN4O9S2/c30-15-22(32-8-10-41-11-9-32)26(27(37)42-16-19-3-5-21(6-4-19)34(39)40)33-23(14-25(33)36)31-24(35)13-20-7-12-44-28(20)45-29(38)43-17-18-1-2-18/h3-7,12,18,23H,1-2,8-11,13-17H2,(H,31,35)/b26-22-. The van der Waals surface area contributed by atoms with Crippen molar-refractivity contribution in [3.8, 4) is 0 Å². The molecule has 3 aliphatic rings. The lowest BCUT2D eigenvalue weighted by molar-refractivity contribution is -0.384. The number of thioether (sulfide) groups is 1. The Hall–Kier alpha value is -3.47. The summed E-state index contributed by atoms with van der Waals surface area (Å²) in [5.74, 6) is -1.07. The molecule has 1 aromatic carbocycles. The molecule has 1 saturated carbocycles. The molecule has 1 atom stereocenters. The number of rotatable bonds is 13. The van der Waals surface area contributed by atoms with Gasteiger partial charge < -0.3 is 24.4 Å². The number of carbonyl (C=O) groups excluding carboxylic acids is 4. The maximum absolute atomic E-state index is 13.6. The van der Waals surface area contributed by atoms with Gasteiger partial charge in [0.15, 0.2) is 5.70 Å². The summed E-state index contributed by atoms with van der Waals surface area (Å²) >= 11 is 5.76. The zero-order chi connectivity index (χ0) is 31.9. The summed E-state index contributed by atoms with van der Waals surface area (Å²) in [4.78, 5) is 65.7. The minimum absolute atomic E-state index is 0.00224. The van der Waals surface area contributed by atoms with Crippen molar-refractivity contribution < 1.29 is 38.3 Å². The lowest BCUT2D eigenvalue weighted by atomic mass is 10.1. The SMILES string of the molecule is O=C(Cc1ccsc1SC(=O)OCC1CC1)NC1CC(=O)N1/C(C(=O)OCc1ccc([N+](=O)[O-])cc1)=C(/CBr)N1CCOCC1. The average Bonchev–Trinajstić information content (AvgIpc) is 3.77. The van der Waals surface area contributed by atoms with Crippen LogP contribution in [-0.2, 0) is 41.6 Å². The van der Waals surface area contributed by atoms with Crippen LogP contribution in [0, 0.1) is 16.0 Å². The molecule has 3 heterocycles. The Kier molecular flexibility index (Phi) is 11.1. The van der Waals surface area contributed by atoms with Crippen molar-refractivity contribution >= 4 is 67.8 Å². The molecule has 2 aliphatic heterocycles. The Labute approximate surface area is 275 Å². The van der Waals surface area contributed by atoms with Gasteiger partial charge in [-0.15, -0.1) is 11.3 Å². The maximum Gasteiger partial charge on any atom is 0.372 e. The molecule has 0 radical (unpaired) electrons. The molecule has 1 aliphatic carbocycles. The second-order valence-electron chi connectivity index (χ2n) is 10.6. The highest BCUT2D eigenvalue weighted by molar-refractivity contribution is 9.09. The summed E-state index contributed by atoms with van der Waals surface area (Å²) < 4.78 is 17.0. The molecule has 0 spiro atoms. The van der Waals surface area contributed by atoms with Gasteiger partial charge in [0.25, 0.3) is 5.69 Å². The molecule has 45 heavy (non-hydrogen) atoms. The number of esters is 1. The molecule has 1 N–H and O–H groups in total. The van der Waals surface area contributed by atoms with Crippen LogP contribution in [0.3, 0.4) is 0 Å². The fourth-order valence-corrected chi connectivity index (χ4v) is 7.14. The Bertz CT molecular complexity index is 1470. The van der Waals surface area contributed by atoms with Crippen LogP contribution >= 0.6 is 39.0 Å². The number of alkyl halides is 1. The number of likely N-dealkylation sites (tertiary alicyclic amines) is 1. The number of thiophene rings is 1. The van der Waals surface area contributed by atoms with Crippen LogP contribution < -0.4 is 5.32 Å². The van der Waals surface area contributed by atoms with Crippen molar-refractivity contribution in [3.63, 3.8) is 0 Å². The zero-order valence-corrected chi connectivity index (χ0v) is 27.3. The third-order valence-corrected chi connectivity index (χ3v) is 9.94. The number of ether oxygens (including phenoxy) is 3. The molecule has 0 bridgehead atoms. The minimum atomic E-state index is -0.791. The van der Waals surface area contributed by atoms with E-state index in [0.717, 1.165) is 24.6 Å². The van der Waals surface area contributed by atoms with E-state index >= 15 is 0 Å². The van der Waals surface area contributed by atoms with E-state index in [0.29, 0.717) is 59.9 Å². The first kappa shape index (κ1) is 32.9. The zero-order valence-electron chi connectivity index (χ0n) is 24.1. The van der Waals surface area contributed by atoms with E-state index in [1.54, 1.807) is 11.4 Å². The average molecular weight is 724 g/mol. The fraction of sp³-hybridized carbons (Fsp3) is 0.448. The number of hydrogen-bond acceptors (Lipinski definition) is 12. The highest BCUT2D eigenvalue weighted by Crippen LogP contribution is 2.34. The van der Waals surface area contributed by atoms with Gasteiger partial charge in [-0.2, -0.15) is 0 Å². The molecule has 2 aromatic rings. The monoisotopic (exact) mass is 722 g/mol. The van der Waals surface area contributed by atoms with Crippen LogP contribution in [0.1, 0.15) is 30.4 Å². The number of allylic oxidation sites excluding steroid dienone is 1. The number of benzene rings is 1. The van der Waals surface area contributed by atoms with Crippen molar-refractivity contribution in [1.82, 2.24) is 15.1 Å². The normalized spacial score (nSPS) is 18.5. The number of hydrogen-bond donors (Lipinski definition) is 1. The Morgan fingerprint density at radius 2 is 1.87 bits per heavy atom. The van der Waals surface area contributed by atoms with E-state index in [4.69, 9.17) is 14.2 Å². The molecule has 1 aromatic heterocycles. The van der Waals surface area contributed by atoms with E-state index in [1.165, 1.54) is 40.5 Å². The molecule has 5 rings (SSSR count). The third-order valence-electron chi connectivity index (χ3n) is 7.39. The first-order valence-electron chi connectivity index (χ1n) is 14.3. The van der Waals surface area contributed by atoms with Crippen LogP contribution in [0.4, 0.5) is 10.5 Å². The lowest BCUT2D eigenvalue weighted by Crippen LogP contribution is -2.62. The van der Waals surface area contributed by atoms with Crippen molar-refractivity contribution in [3.05, 3.63) is 68.3 Å². The number of non-ortho nitro benzene ring substituents is 1. The first-order valence-corrected chi connectivity index (χ1v) is 17.1. The number of amides is 2. The topological polar surface area (TPSA) is 158 Å². The van der Waals surface area contributed by atoms with Crippen LogP contribution in [-0.4, -0.2) is 82.2 Å². The molecule has 3 fully saturated rings. The van der Waals surface area contributed by atoms with Gasteiger partial charge in [0.05, 0.1) is 47.5 Å². The Balaban J connectivity index is 1.28. The van der Waals surface area contributed by atoms with Gasteiger partial charge in [-0.25, -0.2) is 9.59 Å². The quantitative estimate of drug-likeness (QED) is 0.0601. The summed E-state index contributed by atoms with van der Waals surface area (Å²) in [5, 5.41) is 15.5. The number of β-lactam (4-membered cyclic amide) rings is 1. The van der Waals surface area contributed by atoms with Crippen molar-refractivity contribution in [2.24, 2.45) is 5.92 Å². The number of nitro benzene ring substituents is 1. The molecular weight excluding hydrogens is 692 g/mol. The van der Waals surface area contributed by atoms with E-state index in [1.807, 2.05) is 4.90 Å². The number of halogens is 1. The van der Waals surface area contributed by atoms with Crippen LogP contribution in [0.15, 0.2) is 51.3 Å². The molecule has 16 heteroatoms. The minimum Gasteiger partial charge on any atom is -0.457 e. The lowest BCUT2D eigenvalue weighted by Gasteiger charge is -2.43. The molecule has 2 saturated heterocycles. The Morgan fingerprint density at radius 3 is 2.51 bits per heavy atom. The highest BCUT2D eigenvalue weighted by atomic mass is 79.9. The summed E-state index contributed by atoms with van der Waals surface area (Å²) in [5.41, 5.74) is 1.62. The van der Waals surface area contributed by atoms with Gasteiger partial charge in [0, 0.05) is 42.3 Å². The van der Waals surface area contributed by atoms with Gasteiger partial charge >= 0.3 is 11.3 Å². The maximum atomic E-state index is 13.6. The van der Waals surface area contributed by atoms with E-state index < -0.39 is 22.4 Å². The summed E-state index contributed by atoms with van der Waals surface area (Å²) in [6.07, 6.45) is 1.31. The highest BCUT2D eigenvalue weighted by Gasteiger charge is 2.44. The van der Waals surface area contributed by atoms with Crippen molar-refractivity contribution in [2.75, 3.05) is 38.2 Å². The smallest absolute Gasteiger partial charge is 0.372 e. The van der Waals surface area contributed by atoms with E-state index in [2.05, 4.69) is 21.2 Å². The molecular formula is C29H31BrN4O9S2. The molecule has 13 nitrogen and oxygen atoms in total. The van der Waals surface area contributed by atoms with Gasteiger partial charge in [-0.05, 0) is 53.5 Å². The predicted molar refractivity (Wildman–Crippen MR) is 167 cm³/mol. The molecule has 1 unspecified atom stereocenters. The Morgan fingerprint density at radius 1 is 1.13 bits per heavy atom. The summed E-state index contributed by atoms with van der Waals surface area (Å²) in [6.45, 7) is 2.07. The van der Waals surface area contributed by atoms with Gasteiger partial charge in [-0.1, -0.05) is 15.9 Å². The van der Waals surface area contributed by atoms with Crippen LogP contribution in [0.5, 0.6) is 0 Å². The van der Waals surface area contributed by atoms with E-state index in [9.17, 15) is 29.3 Å². The van der Waals surface area contributed by atoms with Gasteiger partial charge in [0.2, 0.25) is 11.8 Å². The van der Waals surface area contributed by atoms with Crippen LogP contribution in [0.25, 0.3) is 0 Å². The van der Waals surface area contributed by atoms with Crippen molar-refractivity contribution in [2.45, 2.75) is 42.7 Å². The summed E-state index contributed by atoms with van der Waals surface area (Å²) in [6, 6.07) is 7.38. The van der Waals surface area contributed by atoms with E-state index in [-0.39, 0.29) is 48.0 Å². The van der Waals surface area contributed by atoms with Crippen LogP contribution in [0.2, 0.25) is 0 Å². The fourth-order valence-electron chi connectivity index (χ4n) is 4.76. The second-order valence-corrected chi connectivity index (χ2v) is 13.3. The second kappa shape index (κ2) is 15.2. The number of nitrogens with zero attached hydrogens (tertiary/aromatic N) is 3. The molecule has 240 valence electrons. The largest absolute Gasteiger partial charge is 0.457 e. The molecule has 2 amide bonds. The third kappa shape index (κ3) is 8.62. The number of nitro groups is 1. The first-order chi connectivity index (χ1) is 21.7. The van der Waals surface area contributed by atoms with Gasteiger partial charge in [-0.3, -0.25) is 24.6 Å². The number of morpholine rings is 1. The summed E-state index contributed by atoms with van der Waals surface area (Å²) in [7, 11) is 0. The number of carbonyl (C=O) groups is 4. The van der Waals surface area contributed by atoms with Gasteiger partial charge in [0.1, 0.15) is 12.8 Å². The van der Waals surface area contributed by atoms with Crippen molar-refractivity contribution in [1.29, 1.82) is 0 Å². The number of nitrogens with one attached hydrogen (secondary N) is 1.